The number of rotatable bonds is 7. The molecule has 1 aromatic rings. The second-order valence-corrected chi connectivity index (χ2v) is 6.54. The lowest BCUT2D eigenvalue weighted by Crippen LogP contribution is -2.48. The van der Waals surface area contributed by atoms with E-state index in [0.717, 1.165) is 19.4 Å². The molecule has 1 aliphatic heterocycles. The van der Waals surface area contributed by atoms with Crippen molar-refractivity contribution in [2.75, 3.05) is 19.6 Å². The average molecular weight is 337 g/mol. The van der Waals surface area contributed by atoms with Gasteiger partial charge >= 0.3 is 0 Å². The van der Waals surface area contributed by atoms with Gasteiger partial charge in [0.25, 0.3) is 0 Å². The van der Waals surface area contributed by atoms with Crippen LogP contribution < -0.4 is 5.73 Å². The molecular weight excluding hydrogens is 310 g/mol. The number of carbonyl (C=O) groups is 2. The van der Waals surface area contributed by atoms with Crippen molar-refractivity contribution in [2.24, 2.45) is 11.7 Å². The lowest BCUT2D eigenvalue weighted by atomic mass is 9.96. The quantitative estimate of drug-likeness (QED) is 0.779. The number of primary amides is 1. The van der Waals surface area contributed by atoms with E-state index in [4.69, 9.17) is 10.2 Å². The predicted octanol–water partition coefficient (Wildman–Crippen LogP) is 0.566. The van der Waals surface area contributed by atoms with E-state index in [0.29, 0.717) is 31.3 Å². The van der Waals surface area contributed by atoms with Crippen molar-refractivity contribution >= 4 is 11.8 Å². The summed E-state index contributed by atoms with van der Waals surface area (Å²) in [6, 6.07) is 0.0287. The van der Waals surface area contributed by atoms with Crippen LogP contribution in [0.4, 0.5) is 0 Å². The first-order valence-electron chi connectivity index (χ1n) is 8.53. The third-order valence-electron chi connectivity index (χ3n) is 4.26. The van der Waals surface area contributed by atoms with Gasteiger partial charge in [0.1, 0.15) is 0 Å². The predicted molar refractivity (Wildman–Crippen MR) is 87.7 cm³/mol. The Kier molecular flexibility index (Phi) is 6.30. The fourth-order valence-electron chi connectivity index (χ4n) is 3.01. The molecule has 1 atom stereocenters. The van der Waals surface area contributed by atoms with E-state index in [2.05, 4.69) is 10.2 Å². The summed E-state index contributed by atoms with van der Waals surface area (Å²) in [7, 11) is 0. The molecule has 1 aliphatic rings. The molecule has 0 unspecified atom stereocenters. The van der Waals surface area contributed by atoms with Crippen LogP contribution in [0.25, 0.3) is 0 Å². The highest BCUT2D eigenvalue weighted by atomic mass is 16.4. The van der Waals surface area contributed by atoms with Crippen molar-refractivity contribution in [1.82, 2.24) is 20.0 Å². The molecule has 8 nitrogen and oxygen atoms in total. The Balaban J connectivity index is 2.03. The van der Waals surface area contributed by atoms with E-state index in [1.54, 1.807) is 4.90 Å². The number of hydrogen-bond acceptors (Lipinski definition) is 6. The number of amides is 2. The minimum absolute atomic E-state index is 0.0287. The first kappa shape index (κ1) is 18.4. The summed E-state index contributed by atoms with van der Waals surface area (Å²) >= 11 is 0. The molecule has 0 spiro atoms. The van der Waals surface area contributed by atoms with E-state index in [9.17, 15) is 9.59 Å². The number of aryl methyl sites for hydroxylation is 1. The monoisotopic (exact) mass is 337 g/mol. The Morgan fingerprint density at radius 2 is 2.08 bits per heavy atom. The zero-order valence-corrected chi connectivity index (χ0v) is 14.7. The Hall–Kier alpha value is -1.96. The maximum Gasteiger partial charge on any atom is 0.235 e. The summed E-state index contributed by atoms with van der Waals surface area (Å²) in [5, 5.41) is 7.96. The van der Waals surface area contributed by atoms with Crippen LogP contribution in [0.2, 0.25) is 0 Å². The summed E-state index contributed by atoms with van der Waals surface area (Å²) in [6.45, 7) is 7.77. The van der Waals surface area contributed by atoms with Crippen LogP contribution >= 0.6 is 0 Å². The lowest BCUT2D eigenvalue weighted by Gasteiger charge is -2.35. The highest BCUT2D eigenvalue weighted by Gasteiger charge is 2.31. The number of likely N-dealkylation sites (tertiary alicyclic amines) is 1. The third kappa shape index (κ3) is 4.77. The average Bonchev–Trinajstić information content (AvgIpc) is 2.99. The zero-order chi connectivity index (χ0) is 17.7. The van der Waals surface area contributed by atoms with Crippen molar-refractivity contribution in [1.29, 1.82) is 0 Å². The molecule has 0 radical (unpaired) electrons. The number of nitrogens with zero attached hydrogens (tertiary/aromatic N) is 4. The van der Waals surface area contributed by atoms with Crippen LogP contribution in [-0.2, 0) is 22.6 Å². The van der Waals surface area contributed by atoms with E-state index >= 15 is 0 Å². The molecule has 1 aromatic heterocycles. The van der Waals surface area contributed by atoms with Gasteiger partial charge in [0.2, 0.25) is 23.6 Å². The number of hydrogen-bond donors (Lipinski definition) is 1. The van der Waals surface area contributed by atoms with Crippen LogP contribution in [0.5, 0.6) is 0 Å². The number of nitrogens with two attached hydrogens (primary N) is 1. The normalized spacial score (nSPS) is 18.8. The van der Waals surface area contributed by atoms with Crippen LogP contribution in [-0.4, -0.2) is 57.5 Å². The van der Waals surface area contributed by atoms with E-state index in [1.807, 2.05) is 25.7 Å². The maximum absolute atomic E-state index is 12.9. The summed E-state index contributed by atoms with van der Waals surface area (Å²) < 4.78 is 5.54. The molecule has 0 aliphatic carbocycles. The van der Waals surface area contributed by atoms with E-state index in [1.165, 1.54) is 0 Å². The molecule has 24 heavy (non-hydrogen) atoms. The zero-order valence-electron chi connectivity index (χ0n) is 14.7. The molecule has 134 valence electrons. The molecule has 0 saturated carbocycles. The molecule has 2 heterocycles. The molecular formula is C16H27N5O3. The van der Waals surface area contributed by atoms with E-state index < -0.39 is 0 Å². The van der Waals surface area contributed by atoms with Gasteiger partial charge in [-0.05, 0) is 33.2 Å². The van der Waals surface area contributed by atoms with Gasteiger partial charge in [-0.2, -0.15) is 0 Å². The van der Waals surface area contributed by atoms with Gasteiger partial charge in [-0.25, -0.2) is 0 Å². The highest BCUT2D eigenvalue weighted by Crippen LogP contribution is 2.21. The molecule has 2 N–H and O–H groups in total. The van der Waals surface area contributed by atoms with Gasteiger partial charge in [0.15, 0.2) is 0 Å². The van der Waals surface area contributed by atoms with Crippen molar-refractivity contribution in [3.8, 4) is 0 Å². The Labute approximate surface area is 142 Å². The van der Waals surface area contributed by atoms with Crippen molar-refractivity contribution in [2.45, 2.75) is 52.6 Å². The minimum Gasteiger partial charge on any atom is -0.423 e. The molecule has 0 aromatic carbocycles. The molecule has 1 saturated heterocycles. The first-order valence-corrected chi connectivity index (χ1v) is 8.53. The third-order valence-corrected chi connectivity index (χ3v) is 4.26. The molecule has 0 bridgehead atoms. The first-order chi connectivity index (χ1) is 11.4. The highest BCUT2D eigenvalue weighted by molar-refractivity contribution is 5.80. The molecule has 2 amide bonds. The second kappa shape index (κ2) is 8.23. The summed E-state index contributed by atoms with van der Waals surface area (Å²) in [5.74, 6) is 0.608. The lowest BCUT2D eigenvalue weighted by molar-refractivity contribution is -0.140. The second-order valence-electron chi connectivity index (χ2n) is 6.54. The van der Waals surface area contributed by atoms with Gasteiger partial charge in [0.05, 0.1) is 19.0 Å². The van der Waals surface area contributed by atoms with Crippen LogP contribution in [0.3, 0.4) is 0 Å². The summed E-state index contributed by atoms with van der Waals surface area (Å²) in [6.07, 6.45) is 2.38. The van der Waals surface area contributed by atoms with Gasteiger partial charge in [-0.15, -0.1) is 10.2 Å². The Morgan fingerprint density at radius 1 is 1.38 bits per heavy atom. The summed E-state index contributed by atoms with van der Waals surface area (Å²) in [4.78, 5) is 27.8. The summed E-state index contributed by atoms with van der Waals surface area (Å²) in [5.41, 5.74) is 5.27. The fourth-order valence-corrected chi connectivity index (χ4v) is 3.01. The van der Waals surface area contributed by atoms with Crippen LogP contribution in [0.15, 0.2) is 4.42 Å². The topological polar surface area (TPSA) is 106 Å². The van der Waals surface area contributed by atoms with Crippen molar-refractivity contribution in [3.05, 3.63) is 11.8 Å². The van der Waals surface area contributed by atoms with Gasteiger partial charge in [-0.1, -0.05) is 6.92 Å². The van der Waals surface area contributed by atoms with Crippen molar-refractivity contribution in [3.63, 3.8) is 0 Å². The standard InChI is InChI=1S/C16H27N5O3/c1-4-14-18-19-15(24-14)10-21(11(2)3)16(23)12-6-5-7-20(8-12)9-13(17)22/h11-12H,4-10H2,1-3H3,(H2,17,22)/t12-/m1/s1. The van der Waals surface area contributed by atoms with Crippen LogP contribution in [0.1, 0.15) is 45.4 Å². The van der Waals surface area contributed by atoms with Gasteiger partial charge in [-0.3, -0.25) is 14.5 Å². The maximum atomic E-state index is 12.9. The van der Waals surface area contributed by atoms with Gasteiger partial charge in [0, 0.05) is 19.0 Å². The van der Waals surface area contributed by atoms with Crippen molar-refractivity contribution < 1.29 is 14.0 Å². The minimum atomic E-state index is -0.359. The largest absolute Gasteiger partial charge is 0.423 e. The molecule has 8 heteroatoms. The number of piperidine rings is 1. The smallest absolute Gasteiger partial charge is 0.235 e. The Bertz CT molecular complexity index is 572. The number of carbonyl (C=O) groups excluding carboxylic acids is 2. The van der Waals surface area contributed by atoms with Crippen LogP contribution in [0, 0.1) is 5.92 Å². The molecule has 2 rings (SSSR count). The Morgan fingerprint density at radius 3 is 2.67 bits per heavy atom. The number of aromatic nitrogens is 2. The fraction of sp³-hybridized carbons (Fsp3) is 0.750. The SMILES string of the molecule is CCc1nnc(CN(C(=O)[C@@H]2CCCN(CC(N)=O)C2)C(C)C)o1. The molecule has 1 fully saturated rings. The van der Waals surface area contributed by atoms with E-state index in [-0.39, 0.29) is 30.3 Å². The van der Waals surface area contributed by atoms with Gasteiger partial charge < -0.3 is 15.1 Å².